The summed E-state index contributed by atoms with van der Waals surface area (Å²) in [6.07, 6.45) is 4.82. The molecule has 0 unspecified atom stereocenters. The Balaban J connectivity index is 1.73. The minimum atomic E-state index is -0.385. The summed E-state index contributed by atoms with van der Waals surface area (Å²) in [5, 5.41) is 5.57. The topological polar surface area (TPSA) is 88.2 Å². The van der Waals surface area contributed by atoms with Gasteiger partial charge in [-0.3, -0.25) is 19.4 Å². The molecule has 2 aromatic rings. The molecular weight excluding hydrogens is 306 g/mol. The van der Waals surface area contributed by atoms with Crippen LogP contribution in [0.2, 0.25) is 0 Å². The first-order valence-corrected chi connectivity index (χ1v) is 7.71. The molecule has 0 spiro atoms. The Morgan fingerprint density at radius 1 is 1.00 bits per heavy atom. The first-order chi connectivity index (χ1) is 11.5. The van der Waals surface area contributed by atoms with Crippen molar-refractivity contribution in [1.29, 1.82) is 0 Å². The zero-order chi connectivity index (χ0) is 17.1. The van der Waals surface area contributed by atoms with E-state index < -0.39 is 0 Å². The van der Waals surface area contributed by atoms with Gasteiger partial charge in [-0.25, -0.2) is 0 Å². The highest BCUT2D eigenvalue weighted by Crippen LogP contribution is 2.19. The number of nitrogens with zero attached hydrogens (tertiary/aromatic N) is 1. The molecule has 3 rings (SSSR count). The van der Waals surface area contributed by atoms with Crippen molar-refractivity contribution in [3.63, 3.8) is 0 Å². The van der Waals surface area contributed by atoms with Gasteiger partial charge in [-0.2, -0.15) is 0 Å². The van der Waals surface area contributed by atoms with Gasteiger partial charge in [0.2, 0.25) is 0 Å². The zero-order valence-electron chi connectivity index (χ0n) is 13.2. The van der Waals surface area contributed by atoms with Crippen LogP contribution in [-0.2, 0) is 0 Å². The molecule has 2 N–H and O–H groups in total. The smallest absolute Gasteiger partial charge is 0.257 e. The fourth-order valence-corrected chi connectivity index (χ4v) is 2.20. The fourth-order valence-electron chi connectivity index (χ4n) is 2.20. The van der Waals surface area contributed by atoms with Gasteiger partial charge in [0.15, 0.2) is 5.78 Å². The minimum absolute atomic E-state index is 0.0773. The SMILES string of the molecule is CC(=O)c1cccc(NC(=O)c2cncc(C(=O)NC3CC3)c2)c1. The van der Waals surface area contributed by atoms with Crippen molar-refractivity contribution in [2.75, 3.05) is 5.32 Å². The van der Waals surface area contributed by atoms with Crippen molar-refractivity contribution < 1.29 is 14.4 Å². The molecule has 24 heavy (non-hydrogen) atoms. The number of nitrogens with one attached hydrogen (secondary N) is 2. The van der Waals surface area contributed by atoms with Crippen molar-refractivity contribution in [1.82, 2.24) is 10.3 Å². The lowest BCUT2D eigenvalue weighted by molar-refractivity contribution is 0.0949. The largest absolute Gasteiger partial charge is 0.349 e. The van der Waals surface area contributed by atoms with E-state index in [9.17, 15) is 14.4 Å². The second-order valence-electron chi connectivity index (χ2n) is 5.80. The first-order valence-electron chi connectivity index (χ1n) is 7.71. The number of pyridine rings is 1. The molecule has 0 bridgehead atoms. The second kappa shape index (κ2) is 6.62. The lowest BCUT2D eigenvalue weighted by Crippen LogP contribution is -2.26. The van der Waals surface area contributed by atoms with E-state index in [0.717, 1.165) is 12.8 Å². The molecule has 0 aliphatic heterocycles. The second-order valence-corrected chi connectivity index (χ2v) is 5.80. The number of hydrogen-bond donors (Lipinski definition) is 2. The molecule has 0 radical (unpaired) electrons. The highest BCUT2D eigenvalue weighted by molar-refractivity contribution is 6.06. The average molecular weight is 323 g/mol. The highest BCUT2D eigenvalue weighted by Gasteiger charge is 2.24. The van der Waals surface area contributed by atoms with Gasteiger partial charge in [0.05, 0.1) is 11.1 Å². The molecule has 1 heterocycles. The van der Waals surface area contributed by atoms with E-state index in [1.165, 1.54) is 25.4 Å². The third kappa shape index (κ3) is 3.84. The van der Waals surface area contributed by atoms with E-state index in [1.807, 2.05) is 0 Å². The number of carbonyl (C=O) groups is 3. The minimum Gasteiger partial charge on any atom is -0.349 e. The quantitative estimate of drug-likeness (QED) is 0.827. The number of anilines is 1. The predicted octanol–water partition coefficient (Wildman–Crippen LogP) is 2.43. The standard InChI is InChI=1S/C18H17N3O3/c1-11(22)12-3-2-4-16(8-12)21-18(24)14-7-13(9-19-10-14)17(23)20-15-5-6-15/h2-4,7-10,15H,5-6H2,1H3,(H,20,23)(H,21,24). The molecule has 0 atom stereocenters. The van der Waals surface area contributed by atoms with Gasteiger partial charge in [-0.15, -0.1) is 0 Å². The van der Waals surface area contributed by atoms with Crippen LogP contribution in [0.3, 0.4) is 0 Å². The van der Waals surface area contributed by atoms with Crippen molar-refractivity contribution in [3.8, 4) is 0 Å². The summed E-state index contributed by atoms with van der Waals surface area (Å²) in [5.41, 5.74) is 1.67. The van der Waals surface area contributed by atoms with Gasteiger partial charge in [0.1, 0.15) is 0 Å². The molecule has 6 nitrogen and oxygen atoms in total. The maximum Gasteiger partial charge on any atom is 0.257 e. The number of carbonyl (C=O) groups excluding carboxylic acids is 3. The molecule has 2 amide bonds. The number of benzene rings is 1. The average Bonchev–Trinajstić information content (AvgIpc) is 3.39. The van der Waals surface area contributed by atoms with Gasteiger partial charge in [-0.05, 0) is 38.0 Å². The number of rotatable bonds is 5. The lowest BCUT2D eigenvalue weighted by atomic mass is 10.1. The fraction of sp³-hybridized carbons (Fsp3) is 0.222. The van der Waals surface area contributed by atoms with Crippen LogP contribution < -0.4 is 10.6 Å². The monoisotopic (exact) mass is 323 g/mol. The molecule has 1 aromatic carbocycles. The maximum absolute atomic E-state index is 12.3. The van der Waals surface area contributed by atoms with E-state index >= 15 is 0 Å². The van der Waals surface area contributed by atoms with Crippen LogP contribution in [0.1, 0.15) is 50.8 Å². The van der Waals surface area contributed by atoms with Gasteiger partial charge in [-0.1, -0.05) is 12.1 Å². The highest BCUT2D eigenvalue weighted by atomic mass is 16.2. The summed E-state index contributed by atoms with van der Waals surface area (Å²) in [4.78, 5) is 39.7. The van der Waals surface area contributed by atoms with Crippen LogP contribution >= 0.6 is 0 Å². The van der Waals surface area contributed by atoms with Gasteiger partial charge in [0.25, 0.3) is 11.8 Å². The van der Waals surface area contributed by atoms with E-state index in [1.54, 1.807) is 24.3 Å². The number of hydrogen-bond acceptors (Lipinski definition) is 4. The van der Waals surface area contributed by atoms with Gasteiger partial charge < -0.3 is 10.6 Å². The number of ketones is 1. The summed E-state index contributed by atoms with van der Waals surface area (Å²) in [6, 6.07) is 8.43. The summed E-state index contributed by atoms with van der Waals surface area (Å²) in [5.74, 6) is -0.686. The molecule has 1 aromatic heterocycles. The van der Waals surface area contributed by atoms with Gasteiger partial charge >= 0.3 is 0 Å². The Morgan fingerprint density at radius 2 is 1.71 bits per heavy atom. The molecule has 1 aliphatic rings. The molecular formula is C18H17N3O3. The first kappa shape index (κ1) is 15.9. The maximum atomic E-state index is 12.3. The van der Waals surface area contributed by atoms with Crippen molar-refractivity contribution in [2.45, 2.75) is 25.8 Å². The van der Waals surface area contributed by atoms with Crippen molar-refractivity contribution in [3.05, 3.63) is 59.4 Å². The zero-order valence-corrected chi connectivity index (χ0v) is 13.2. The van der Waals surface area contributed by atoms with E-state index in [-0.39, 0.29) is 29.2 Å². The Kier molecular flexibility index (Phi) is 4.37. The molecule has 6 heteroatoms. The van der Waals surface area contributed by atoms with E-state index in [0.29, 0.717) is 16.8 Å². The van der Waals surface area contributed by atoms with Crippen molar-refractivity contribution >= 4 is 23.3 Å². The Morgan fingerprint density at radius 3 is 2.38 bits per heavy atom. The van der Waals surface area contributed by atoms with E-state index in [4.69, 9.17) is 0 Å². The van der Waals surface area contributed by atoms with Crippen LogP contribution in [0.5, 0.6) is 0 Å². The Bertz CT molecular complexity index is 813. The Labute approximate surface area is 139 Å². The van der Waals surface area contributed by atoms with Crippen LogP contribution in [0, 0.1) is 0 Å². The van der Waals surface area contributed by atoms with Crippen LogP contribution in [0.4, 0.5) is 5.69 Å². The summed E-state index contributed by atoms with van der Waals surface area (Å²) in [7, 11) is 0. The Hall–Kier alpha value is -3.02. The third-order valence-corrected chi connectivity index (χ3v) is 3.70. The number of amides is 2. The summed E-state index contributed by atoms with van der Waals surface area (Å²) >= 11 is 0. The number of aromatic nitrogens is 1. The molecule has 122 valence electrons. The molecule has 1 aliphatic carbocycles. The molecule has 1 saturated carbocycles. The predicted molar refractivity (Wildman–Crippen MR) is 89.1 cm³/mol. The molecule has 0 saturated heterocycles. The van der Waals surface area contributed by atoms with Crippen LogP contribution in [0.25, 0.3) is 0 Å². The van der Waals surface area contributed by atoms with Crippen LogP contribution in [-0.4, -0.2) is 28.6 Å². The molecule has 1 fully saturated rings. The normalized spacial score (nSPS) is 13.2. The third-order valence-electron chi connectivity index (χ3n) is 3.70. The van der Waals surface area contributed by atoms with E-state index in [2.05, 4.69) is 15.6 Å². The number of Topliss-reactive ketones (excluding diaryl/α,β-unsaturated/α-hetero) is 1. The summed E-state index contributed by atoms with van der Waals surface area (Å²) < 4.78 is 0. The summed E-state index contributed by atoms with van der Waals surface area (Å²) in [6.45, 7) is 1.47. The van der Waals surface area contributed by atoms with Crippen molar-refractivity contribution in [2.24, 2.45) is 0 Å². The van der Waals surface area contributed by atoms with Crippen LogP contribution in [0.15, 0.2) is 42.7 Å². The van der Waals surface area contributed by atoms with Gasteiger partial charge in [0, 0.05) is 29.7 Å². The lowest BCUT2D eigenvalue weighted by Gasteiger charge is -2.08.